The van der Waals surface area contributed by atoms with E-state index in [2.05, 4.69) is 26.0 Å². The SMILES string of the molecule is CCCCCCCCCCOc1ccc2c(n1)CCc1nc(OCCCC)ccc1-2. The van der Waals surface area contributed by atoms with Crippen LogP contribution in [-0.4, -0.2) is 23.2 Å². The van der Waals surface area contributed by atoms with Gasteiger partial charge in [0.2, 0.25) is 11.8 Å². The topological polar surface area (TPSA) is 44.2 Å². The third-order valence-electron chi connectivity index (χ3n) is 5.78. The summed E-state index contributed by atoms with van der Waals surface area (Å²) in [4.78, 5) is 9.51. The molecule has 2 heterocycles. The van der Waals surface area contributed by atoms with Gasteiger partial charge < -0.3 is 9.47 Å². The summed E-state index contributed by atoms with van der Waals surface area (Å²) in [5.74, 6) is 1.50. The van der Waals surface area contributed by atoms with Crippen molar-refractivity contribution < 1.29 is 9.47 Å². The third-order valence-corrected chi connectivity index (χ3v) is 5.78. The number of aromatic nitrogens is 2. The Labute approximate surface area is 182 Å². The quantitative estimate of drug-likeness (QED) is 0.316. The van der Waals surface area contributed by atoms with Crippen LogP contribution in [0.4, 0.5) is 0 Å². The monoisotopic (exact) mass is 410 g/mol. The van der Waals surface area contributed by atoms with Gasteiger partial charge in [-0.2, -0.15) is 0 Å². The van der Waals surface area contributed by atoms with E-state index in [0.717, 1.165) is 68.5 Å². The summed E-state index contributed by atoms with van der Waals surface area (Å²) >= 11 is 0. The second-order valence-electron chi connectivity index (χ2n) is 8.31. The molecule has 0 aromatic carbocycles. The molecule has 0 saturated carbocycles. The van der Waals surface area contributed by atoms with E-state index >= 15 is 0 Å². The van der Waals surface area contributed by atoms with Gasteiger partial charge in [-0.05, 0) is 37.8 Å². The van der Waals surface area contributed by atoms with E-state index in [1.165, 1.54) is 56.1 Å². The van der Waals surface area contributed by atoms with E-state index < -0.39 is 0 Å². The van der Waals surface area contributed by atoms with Crippen molar-refractivity contribution in [3.05, 3.63) is 35.7 Å². The fourth-order valence-electron chi connectivity index (χ4n) is 3.97. The van der Waals surface area contributed by atoms with E-state index in [1.54, 1.807) is 0 Å². The van der Waals surface area contributed by atoms with Crippen molar-refractivity contribution in [1.82, 2.24) is 9.97 Å². The molecule has 2 aromatic heterocycles. The van der Waals surface area contributed by atoms with E-state index in [-0.39, 0.29) is 0 Å². The van der Waals surface area contributed by atoms with Crippen LogP contribution in [0.25, 0.3) is 11.1 Å². The number of fused-ring (bicyclic) bond motifs is 3. The second-order valence-corrected chi connectivity index (χ2v) is 8.31. The number of hydrogen-bond donors (Lipinski definition) is 0. The zero-order chi connectivity index (χ0) is 21.0. The van der Waals surface area contributed by atoms with Crippen LogP contribution in [0.5, 0.6) is 11.8 Å². The van der Waals surface area contributed by atoms with Gasteiger partial charge in [0.1, 0.15) is 0 Å². The molecule has 1 aliphatic carbocycles. The molecule has 0 unspecified atom stereocenters. The lowest BCUT2D eigenvalue weighted by atomic mass is 9.92. The largest absolute Gasteiger partial charge is 0.478 e. The van der Waals surface area contributed by atoms with Crippen molar-refractivity contribution in [3.63, 3.8) is 0 Å². The second kappa shape index (κ2) is 12.6. The Morgan fingerprint density at radius 1 is 0.600 bits per heavy atom. The molecule has 164 valence electrons. The predicted octanol–water partition coefficient (Wildman–Crippen LogP) is 6.94. The Balaban J connectivity index is 1.46. The molecule has 0 amide bonds. The fraction of sp³-hybridized carbons (Fsp3) is 0.615. The van der Waals surface area contributed by atoms with Gasteiger partial charge >= 0.3 is 0 Å². The molecule has 1 aliphatic rings. The fourth-order valence-corrected chi connectivity index (χ4v) is 3.97. The van der Waals surface area contributed by atoms with Crippen LogP contribution < -0.4 is 9.47 Å². The molecule has 4 nitrogen and oxygen atoms in total. The van der Waals surface area contributed by atoms with E-state index in [4.69, 9.17) is 19.4 Å². The number of unbranched alkanes of at least 4 members (excludes halogenated alkanes) is 8. The van der Waals surface area contributed by atoms with Crippen molar-refractivity contribution in [2.45, 2.75) is 90.9 Å². The number of ether oxygens (including phenoxy) is 2. The summed E-state index contributed by atoms with van der Waals surface area (Å²) in [5.41, 5.74) is 4.60. The summed E-state index contributed by atoms with van der Waals surface area (Å²) < 4.78 is 11.7. The number of nitrogens with zero attached hydrogens (tertiary/aromatic N) is 2. The first-order chi connectivity index (χ1) is 14.8. The molecule has 0 fully saturated rings. The maximum atomic E-state index is 5.93. The maximum absolute atomic E-state index is 5.93. The van der Waals surface area contributed by atoms with Crippen LogP contribution >= 0.6 is 0 Å². The van der Waals surface area contributed by atoms with Gasteiger partial charge in [-0.3, -0.25) is 0 Å². The molecule has 30 heavy (non-hydrogen) atoms. The van der Waals surface area contributed by atoms with E-state index in [9.17, 15) is 0 Å². The first-order valence-corrected chi connectivity index (χ1v) is 12.1. The zero-order valence-electron chi connectivity index (χ0n) is 18.9. The normalized spacial score (nSPS) is 12.3. The number of aryl methyl sites for hydroxylation is 2. The van der Waals surface area contributed by atoms with Gasteiger partial charge in [0.15, 0.2) is 0 Å². The lowest BCUT2D eigenvalue weighted by Gasteiger charge is -2.19. The summed E-state index contributed by atoms with van der Waals surface area (Å²) in [7, 11) is 0. The van der Waals surface area contributed by atoms with Crippen LogP contribution in [-0.2, 0) is 12.8 Å². The molecule has 0 N–H and O–H groups in total. The number of pyridine rings is 2. The van der Waals surface area contributed by atoms with Crippen LogP contribution in [0.2, 0.25) is 0 Å². The Bertz CT molecular complexity index is 776. The highest BCUT2D eigenvalue weighted by atomic mass is 16.5. The molecule has 2 aromatic rings. The Morgan fingerprint density at radius 2 is 1.07 bits per heavy atom. The minimum Gasteiger partial charge on any atom is -0.478 e. The van der Waals surface area contributed by atoms with Crippen molar-refractivity contribution in [2.75, 3.05) is 13.2 Å². The Hall–Kier alpha value is -2.10. The lowest BCUT2D eigenvalue weighted by molar-refractivity contribution is 0.292. The number of hydrogen-bond acceptors (Lipinski definition) is 4. The summed E-state index contributed by atoms with van der Waals surface area (Å²) in [6, 6.07) is 8.26. The van der Waals surface area contributed by atoms with Crippen molar-refractivity contribution in [3.8, 4) is 22.9 Å². The molecule has 0 atom stereocenters. The van der Waals surface area contributed by atoms with Crippen molar-refractivity contribution in [2.24, 2.45) is 0 Å². The predicted molar refractivity (Wildman–Crippen MR) is 123 cm³/mol. The lowest BCUT2D eigenvalue weighted by Crippen LogP contribution is -2.10. The summed E-state index contributed by atoms with van der Waals surface area (Å²) in [6.07, 6.45) is 14.5. The van der Waals surface area contributed by atoms with Gasteiger partial charge in [-0.25, -0.2) is 9.97 Å². The minimum absolute atomic E-state index is 0.736. The first kappa shape index (κ1) is 22.6. The molecular formula is C26H38N2O2. The van der Waals surface area contributed by atoms with Gasteiger partial charge in [0.25, 0.3) is 0 Å². The standard InChI is InChI=1S/C26H38N2O2/c1-3-5-7-8-9-10-11-12-20-30-26-18-14-22-21-13-17-25(29-19-6-4-2)27-23(21)15-16-24(22)28-26/h13-14,17-18H,3-12,15-16,19-20H2,1-2H3. The molecule has 0 saturated heterocycles. The molecule has 3 rings (SSSR count). The highest BCUT2D eigenvalue weighted by Crippen LogP contribution is 2.34. The zero-order valence-corrected chi connectivity index (χ0v) is 18.9. The van der Waals surface area contributed by atoms with E-state index in [1.807, 2.05) is 12.1 Å². The molecule has 0 spiro atoms. The van der Waals surface area contributed by atoms with Crippen molar-refractivity contribution >= 4 is 0 Å². The number of rotatable bonds is 14. The molecule has 0 aliphatic heterocycles. The van der Waals surface area contributed by atoms with Crippen LogP contribution in [0, 0.1) is 0 Å². The molecule has 0 radical (unpaired) electrons. The Morgan fingerprint density at radius 3 is 1.60 bits per heavy atom. The highest BCUT2D eigenvalue weighted by Gasteiger charge is 2.19. The minimum atomic E-state index is 0.736. The summed E-state index contributed by atoms with van der Waals surface area (Å²) in [6.45, 7) is 5.93. The van der Waals surface area contributed by atoms with Crippen LogP contribution in [0.1, 0.15) is 89.4 Å². The van der Waals surface area contributed by atoms with E-state index in [0.29, 0.717) is 0 Å². The van der Waals surface area contributed by atoms with Gasteiger partial charge in [0, 0.05) is 23.3 Å². The van der Waals surface area contributed by atoms with Gasteiger partial charge in [-0.15, -0.1) is 0 Å². The third kappa shape index (κ3) is 6.72. The molecule has 0 bridgehead atoms. The molecule has 4 heteroatoms. The average Bonchev–Trinajstić information content (AvgIpc) is 2.77. The summed E-state index contributed by atoms with van der Waals surface area (Å²) in [5, 5.41) is 0. The maximum Gasteiger partial charge on any atom is 0.213 e. The highest BCUT2D eigenvalue weighted by molar-refractivity contribution is 5.71. The smallest absolute Gasteiger partial charge is 0.213 e. The van der Waals surface area contributed by atoms with Crippen LogP contribution in [0.3, 0.4) is 0 Å². The molecular weight excluding hydrogens is 372 g/mol. The van der Waals surface area contributed by atoms with Crippen LogP contribution in [0.15, 0.2) is 24.3 Å². The van der Waals surface area contributed by atoms with Gasteiger partial charge in [0.05, 0.1) is 24.6 Å². The van der Waals surface area contributed by atoms with Gasteiger partial charge in [-0.1, -0.05) is 65.2 Å². The Kier molecular flexibility index (Phi) is 9.46. The average molecular weight is 411 g/mol. The first-order valence-electron chi connectivity index (χ1n) is 12.1. The van der Waals surface area contributed by atoms with Crippen molar-refractivity contribution in [1.29, 1.82) is 0 Å².